The number of fused-ring (bicyclic) bond motifs is 1. The number of para-hydroxylation sites is 1. The highest BCUT2D eigenvalue weighted by Gasteiger charge is 2.15. The molecule has 3 rings (SSSR count). The molecular weight excluding hydrogens is 388 g/mol. The van der Waals surface area contributed by atoms with Gasteiger partial charge in [0.05, 0.1) is 22.9 Å². The Balaban J connectivity index is 1.93. The average Bonchev–Trinajstić information content (AvgIpc) is 2.91. The number of methoxy groups -OCH3 is 1. The third kappa shape index (κ3) is 2.95. The molecule has 4 nitrogen and oxygen atoms in total. The first-order chi connectivity index (χ1) is 10.6. The molecule has 2 aromatic carbocycles. The molecule has 7 heteroatoms. The zero-order chi connectivity index (χ0) is 15.7. The SMILES string of the molecule is COc1ccc(Cl)cc1C(=O)Nc1nc2c(Br)cccc2s1. The maximum Gasteiger partial charge on any atom is 0.261 e. The molecule has 0 atom stereocenters. The van der Waals surface area contributed by atoms with Crippen molar-refractivity contribution in [2.24, 2.45) is 0 Å². The van der Waals surface area contributed by atoms with E-state index in [1.807, 2.05) is 18.2 Å². The van der Waals surface area contributed by atoms with Gasteiger partial charge in [0.15, 0.2) is 5.13 Å². The second-order valence-electron chi connectivity index (χ2n) is 4.40. The van der Waals surface area contributed by atoms with Crippen molar-refractivity contribution >= 4 is 60.1 Å². The van der Waals surface area contributed by atoms with Crippen LogP contribution in [0.2, 0.25) is 5.02 Å². The number of carbonyl (C=O) groups excluding carboxylic acids is 1. The molecule has 0 radical (unpaired) electrons. The number of carbonyl (C=O) groups is 1. The highest BCUT2D eigenvalue weighted by Crippen LogP contribution is 2.31. The van der Waals surface area contributed by atoms with E-state index >= 15 is 0 Å². The summed E-state index contributed by atoms with van der Waals surface area (Å²) in [5, 5.41) is 3.78. The maximum atomic E-state index is 12.4. The van der Waals surface area contributed by atoms with E-state index in [-0.39, 0.29) is 5.91 Å². The average molecular weight is 398 g/mol. The molecule has 1 amide bonds. The topological polar surface area (TPSA) is 51.2 Å². The van der Waals surface area contributed by atoms with E-state index in [0.29, 0.717) is 21.5 Å². The van der Waals surface area contributed by atoms with Gasteiger partial charge in [-0.2, -0.15) is 0 Å². The summed E-state index contributed by atoms with van der Waals surface area (Å²) in [7, 11) is 1.51. The monoisotopic (exact) mass is 396 g/mol. The largest absolute Gasteiger partial charge is 0.496 e. The van der Waals surface area contributed by atoms with Gasteiger partial charge < -0.3 is 4.74 Å². The lowest BCUT2D eigenvalue weighted by Gasteiger charge is -2.08. The van der Waals surface area contributed by atoms with Crippen LogP contribution >= 0.6 is 38.9 Å². The van der Waals surface area contributed by atoms with Crippen LogP contribution in [0.1, 0.15) is 10.4 Å². The van der Waals surface area contributed by atoms with Crippen LogP contribution in [-0.4, -0.2) is 18.0 Å². The Morgan fingerprint density at radius 2 is 2.18 bits per heavy atom. The Hall–Kier alpha value is -1.63. The number of thiazole rings is 1. The molecule has 0 saturated heterocycles. The number of hydrogen-bond donors (Lipinski definition) is 1. The van der Waals surface area contributed by atoms with Crippen LogP contribution in [-0.2, 0) is 0 Å². The number of nitrogens with one attached hydrogen (secondary N) is 1. The Morgan fingerprint density at radius 1 is 1.36 bits per heavy atom. The Morgan fingerprint density at radius 3 is 2.91 bits per heavy atom. The molecule has 0 aliphatic carbocycles. The summed E-state index contributed by atoms with van der Waals surface area (Å²) in [4.78, 5) is 16.8. The molecule has 0 fully saturated rings. The standard InChI is InChI=1S/C15H10BrClN2O2S/c1-21-11-6-5-8(17)7-9(11)14(20)19-15-18-13-10(16)3-2-4-12(13)22-15/h2-7H,1H3,(H,18,19,20). The van der Waals surface area contributed by atoms with E-state index in [4.69, 9.17) is 16.3 Å². The number of halogens is 2. The van der Waals surface area contributed by atoms with Crippen molar-refractivity contribution < 1.29 is 9.53 Å². The van der Waals surface area contributed by atoms with Gasteiger partial charge in [-0.25, -0.2) is 4.98 Å². The first-order valence-corrected chi connectivity index (χ1v) is 8.27. The molecule has 1 N–H and O–H groups in total. The van der Waals surface area contributed by atoms with E-state index in [1.165, 1.54) is 18.4 Å². The minimum atomic E-state index is -0.311. The van der Waals surface area contributed by atoms with Crippen molar-refractivity contribution in [3.63, 3.8) is 0 Å². The van der Waals surface area contributed by atoms with E-state index < -0.39 is 0 Å². The van der Waals surface area contributed by atoms with Gasteiger partial charge in [0, 0.05) is 9.50 Å². The highest BCUT2D eigenvalue weighted by atomic mass is 79.9. The molecule has 0 saturated carbocycles. The number of nitrogens with zero attached hydrogens (tertiary/aromatic N) is 1. The zero-order valence-corrected chi connectivity index (χ0v) is 14.6. The molecule has 22 heavy (non-hydrogen) atoms. The molecule has 1 aromatic heterocycles. The Bertz CT molecular complexity index is 866. The van der Waals surface area contributed by atoms with Gasteiger partial charge in [0.2, 0.25) is 0 Å². The number of hydrogen-bond acceptors (Lipinski definition) is 4. The van der Waals surface area contributed by atoms with Crippen LogP contribution in [0, 0.1) is 0 Å². The van der Waals surface area contributed by atoms with Crippen LogP contribution < -0.4 is 10.1 Å². The number of rotatable bonds is 3. The summed E-state index contributed by atoms with van der Waals surface area (Å²) < 4.78 is 7.07. The van der Waals surface area contributed by atoms with Crippen molar-refractivity contribution in [3.8, 4) is 5.75 Å². The van der Waals surface area contributed by atoms with Crippen molar-refractivity contribution in [1.82, 2.24) is 4.98 Å². The lowest BCUT2D eigenvalue weighted by molar-refractivity contribution is 0.102. The van der Waals surface area contributed by atoms with Crippen molar-refractivity contribution in [3.05, 3.63) is 51.5 Å². The predicted octanol–water partition coefficient (Wildman–Crippen LogP) is 4.97. The smallest absolute Gasteiger partial charge is 0.261 e. The summed E-state index contributed by atoms with van der Waals surface area (Å²) in [6.45, 7) is 0. The van der Waals surface area contributed by atoms with Gasteiger partial charge in [0.25, 0.3) is 5.91 Å². The van der Waals surface area contributed by atoms with Crippen molar-refractivity contribution in [2.45, 2.75) is 0 Å². The third-order valence-electron chi connectivity index (χ3n) is 3.00. The van der Waals surface area contributed by atoms with Crippen LogP contribution in [0.15, 0.2) is 40.9 Å². The summed E-state index contributed by atoms with van der Waals surface area (Å²) in [6, 6.07) is 10.7. The minimum absolute atomic E-state index is 0.311. The summed E-state index contributed by atoms with van der Waals surface area (Å²) in [5.41, 5.74) is 1.19. The van der Waals surface area contributed by atoms with E-state index in [1.54, 1.807) is 18.2 Å². The zero-order valence-electron chi connectivity index (χ0n) is 11.4. The van der Waals surface area contributed by atoms with Crippen molar-refractivity contribution in [2.75, 3.05) is 12.4 Å². The minimum Gasteiger partial charge on any atom is -0.496 e. The molecule has 0 unspecified atom stereocenters. The van der Waals surface area contributed by atoms with Crippen LogP contribution in [0.25, 0.3) is 10.2 Å². The van der Waals surface area contributed by atoms with Gasteiger partial charge in [0.1, 0.15) is 5.75 Å². The fourth-order valence-electron chi connectivity index (χ4n) is 1.99. The number of benzene rings is 2. The maximum absolute atomic E-state index is 12.4. The van der Waals surface area contributed by atoms with Crippen molar-refractivity contribution in [1.29, 1.82) is 0 Å². The number of ether oxygens (including phenoxy) is 1. The molecule has 1 heterocycles. The molecule has 3 aromatic rings. The third-order valence-corrected chi connectivity index (χ3v) is 4.81. The van der Waals surface area contributed by atoms with E-state index in [9.17, 15) is 4.79 Å². The van der Waals surface area contributed by atoms with Gasteiger partial charge in [-0.1, -0.05) is 29.0 Å². The fourth-order valence-corrected chi connectivity index (χ4v) is 3.64. The Labute approximate surface area is 144 Å². The van der Waals surface area contributed by atoms with Gasteiger partial charge in [-0.3, -0.25) is 10.1 Å². The number of amides is 1. The second-order valence-corrected chi connectivity index (χ2v) is 6.73. The fraction of sp³-hybridized carbons (Fsp3) is 0.0667. The van der Waals surface area contributed by atoms with Crippen LogP contribution in [0.5, 0.6) is 5.75 Å². The van der Waals surface area contributed by atoms with Crippen LogP contribution in [0.4, 0.5) is 5.13 Å². The van der Waals surface area contributed by atoms with Crippen LogP contribution in [0.3, 0.4) is 0 Å². The lowest BCUT2D eigenvalue weighted by atomic mass is 10.2. The van der Waals surface area contributed by atoms with E-state index in [0.717, 1.165) is 14.7 Å². The second kappa shape index (κ2) is 6.24. The Kier molecular flexibility index (Phi) is 4.33. The molecule has 0 aliphatic rings. The normalized spacial score (nSPS) is 10.7. The number of aromatic nitrogens is 1. The first kappa shape index (κ1) is 15.3. The molecule has 0 aliphatic heterocycles. The van der Waals surface area contributed by atoms with Gasteiger partial charge in [-0.05, 0) is 46.3 Å². The predicted molar refractivity (Wildman–Crippen MR) is 93.3 cm³/mol. The molecule has 112 valence electrons. The highest BCUT2D eigenvalue weighted by molar-refractivity contribution is 9.10. The molecule has 0 spiro atoms. The molecular formula is C15H10BrClN2O2S. The first-order valence-electron chi connectivity index (χ1n) is 6.28. The number of anilines is 1. The summed E-state index contributed by atoms with van der Waals surface area (Å²) >= 11 is 10.8. The summed E-state index contributed by atoms with van der Waals surface area (Å²) in [6.07, 6.45) is 0. The summed E-state index contributed by atoms with van der Waals surface area (Å²) in [5.74, 6) is 0.152. The van der Waals surface area contributed by atoms with Gasteiger partial charge in [-0.15, -0.1) is 0 Å². The molecule has 0 bridgehead atoms. The van der Waals surface area contributed by atoms with Gasteiger partial charge >= 0.3 is 0 Å². The lowest BCUT2D eigenvalue weighted by Crippen LogP contribution is -2.13. The van der Waals surface area contributed by atoms with E-state index in [2.05, 4.69) is 26.2 Å². The quantitative estimate of drug-likeness (QED) is 0.678.